The van der Waals surface area contributed by atoms with Crippen LogP contribution in [0.2, 0.25) is 0 Å². The number of carbonyl (C=O) groups is 1. The first-order chi connectivity index (χ1) is 7.79. The van der Waals surface area contributed by atoms with Crippen molar-refractivity contribution in [3.8, 4) is 0 Å². The molecule has 0 bridgehead atoms. The quantitative estimate of drug-likeness (QED) is 0.817. The van der Waals surface area contributed by atoms with Crippen LogP contribution in [0.25, 0.3) is 0 Å². The summed E-state index contributed by atoms with van der Waals surface area (Å²) in [5.41, 5.74) is 0.819. The number of piperidine rings is 1. The summed E-state index contributed by atoms with van der Waals surface area (Å²) in [6, 6.07) is 0.380. The fourth-order valence-corrected chi connectivity index (χ4v) is 2.77. The van der Waals surface area contributed by atoms with Crippen molar-refractivity contribution in [3.63, 3.8) is 0 Å². The lowest BCUT2D eigenvalue weighted by atomic mass is 10.1. The minimum Gasteiger partial charge on any atom is -0.469 e. The Morgan fingerprint density at radius 1 is 1.69 bits per heavy atom. The molecule has 0 aliphatic carbocycles. The molecule has 0 aromatic carbocycles. The summed E-state index contributed by atoms with van der Waals surface area (Å²) in [6.45, 7) is 1.07. The van der Waals surface area contributed by atoms with Crippen molar-refractivity contribution >= 4 is 17.3 Å². The maximum Gasteiger partial charge on any atom is 0.311 e. The predicted octanol–water partition coefficient (Wildman–Crippen LogP) is 1.67. The lowest BCUT2D eigenvalue weighted by Gasteiger charge is -2.21. The summed E-state index contributed by atoms with van der Waals surface area (Å²) in [5.74, 6) is -0.228. The Morgan fingerprint density at radius 2 is 2.56 bits per heavy atom. The zero-order chi connectivity index (χ0) is 11.4. The SMILES string of the molecule is COC(=O)Cc1csc(C2CCCCN2)n1. The first-order valence-electron chi connectivity index (χ1n) is 5.54. The maximum absolute atomic E-state index is 11.1. The van der Waals surface area contributed by atoms with Gasteiger partial charge in [-0.25, -0.2) is 4.98 Å². The number of hydrogen-bond acceptors (Lipinski definition) is 5. The molecule has 0 amide bonds. The van der Waals surface area contributed by atoms with Crippen LogP contribution in [0.15, 0.2) is 5.38 Å². The summed E-state index contributed by atoms with van der Waals surface area (Å²) in [5, 5.41) is 6.49. The number of aromatic nitrogens is 1. The molecule has 88 valence electrons. The highest BCUT2D eigenvalue weighted by Gasteiger charge is 2.18. The Bertz CT molecular complexity index is 359. The van der Waals surface area contributed by atoms with Crippen LogP contribution in [-0.2, 0) is 16.0 Å². The van der Waals surface area contributed by atoms with E-state index in [1.54, 1.807) is 11.3 Å². The molecule has 1 atom stereocenters. The highest BCUT2D eigenvalue weighted by Crippen LogP contribution is 2.25. The first-order valence-corrected chi connectivity index (χ1v) is 6.42. The topological polar surface area (TPSA) is 51.2 Å². The Labute approximate surface area is 99.0 Å². The molecule has 2 heterocycles. The Balaban J connectivity index is 1.98. The number of rotatable bonds is 3. The van der Waals surface area contributed by atoms with Crippen molar-refractivity contribution in [2.45, 2.75) is 31.7 Å². The second-order valence-electron chi connectivity index (χ2n) is 3.93. The number of carbonyl (C=O) groups excluding carboxylic acids is 1. The van der Waals surface area contributed by atoms with Gasteiger partial charge in [0.1, 0.15) is 5.01 Å². The molecular formula is C11H16N2O2S. The highest BCUT2D eigenvalue weighted by molar-refractivity contribution is 7.09. The minimum absolute atomic E-state index is 0.228. The third-order valence-electron chi connectivity index (χ3n) is 2.73. The zero-order valence-corrected chi connectivity index (χ0v) is 10.2. The average molecular weight is 240 g/mol. The molecule has 0 saturated carbocycles. The maximum atomic E-state index is 11.1. The predicted molar refractivity (Wildman–Crippen MR) is 62.4 cm³/mol. The van der Waals surface area contributed by atoms with Gasteiger partial charge in [-0.2, -0.15) is 0 Å². The normalized spacial score (nSPS) is 20.7. The molecule has 5 heteroatoms. The third kappa shape index (κ3) is 2.80. The third-order valence-corrected chi connectivity index (χ3v) is 3.74. The second-order valence-corrected chi connectivity index (χ2v) is 4.82. The van der Waals surface area contributed by atoms with Crippen LogP contribution in [0.5, 0.6) is 0 Å². The van der Waals surface area contributed by atoms with Crippen LogP contribution in [0.3, 0.4) is 0 Å². The summed E-state index contributed by atoms with van der Waals surface area (Å²) >= 11 is 1.63. The number of esters is 1. The van der Waals surface area contributed by atoms with E-state index in [4.69, 9.17) is 0 Å². The fourth-order valence-electron chi connectivity index (χ4n) is 1.85. The highest BCUT2D eigenvalue weighted by atomic mass is 32.1. The molecule has 1 aliphatic rings. The number of nitrogens with zero attached hydrogens (tertiary/aromatic N) is 1. The molecule has 1 N–H and O–H groups in total. The largest absolute Gasteiger partial charge is 0.469 e. The van der Waals surface area contributed by atoms with Crippen LogP contribution in [0.4, 0.5) is 0 Å². The van der Waals surface area contributed by atoms with Gasteiger partial charge in [0.05, 0.1) is 25.3 Å². The second kappa shape index (κ2) is 5.41. The van der Waals surface area contributed by atoms with Gasteiger partial charge in [0.25, 0.3) is 0 Å². The van der Waals surface area contributed by atoms with Gasteiger partial charge in [0.15, 0.2) is 0 Å². The molecule has 1 aromatic heterocycles. The summed E-state index contributed by atoms with van der Waals surface area (Å²) in [4.78, 5) is 15.6. The number of thiazole rings is 1. The molecule has 1 saturated heterocycles. The lowest BCUT2D eigenvalue weighted by molar-refractivity contribution is -0.139. The van der Waals surface area contributed by atoms with Gasteiger partial charge in [-0.05, 0) is 19.4 Å². The van der Waals surface area contributed by atoms with Gasteiger partial charge in [-0.15, -0.1) is 11.3 Å². The molecular weight excluding hydrogens is 224 g/mol. The Kier molecular flexibility index (Phi) is 3.90. The molecule has 0 radical (unpaired) electrons. The van der Waals surface area contributed by atoms with E-state index in [1.807, 2.05) is 5.38 Å². The summed E-state index contributed by atoms with van der Waals surface area (Å²) in [7, 11) is 1.40. The molecule has 1 aliphatic heterocycles. The smallest absolute Gasteiger partial charge is 0.311 e. The fraction of sp³-hybridized carbons (Fsp3) is 0.636. The molecule has 1 unspecified atom stereocenters. The molecule has 4 nitrogen and oxygen atoms in total. The molecule has 1 fully saturated rings. The minimum atomic E-state index is -0.228. The van der Waals surface area contributed by atoms with Crippen molar-refractivity contribution in [2.75, 3.05) is 13.7 Å². The average Bonchev–Trinajstić information content (AvgIpc) is 2.78. The van der Waals surface area contributed by atoms with Crippen molar-refractivity contribution < 1.29 is 9.53 Å². The van der Waals surface area contributed by atoms with Crippen molar-refractivity contribution in [3.05, 3.63) is 16.1 Å². The number of methoxy groups -OCH3 is 1. The van der Waals surface area contributed by atoms with Gasteiger partial charge < -0.3 is 10.1 Å². The van der Waals surface area contributed by atoms with Crippen molar-refractivity contribution in [1.82, 2.24) is 10.3 Å². The van der Waals surface area contributed by atoms with E-state index < -0.39 is 0 Å². The van der Waals surface area contributed by atoms with Crippen LogP contribution >= 0.6 is 11.3 Å². The van der Waals surface area contributed by atoms with Gasteiger partial charge in [0, 0.05) is 5.38 Å². The summed E-state index contributed by atoms with van der Waals surface area (Å²) in [6.07, 6.45) is 3.92. The Morgan fingerprint density at radius 3 is 3.25 bits per heavy atom. The molecule has 2 rings (SSSR count). The van der Waals surface area contributed by atoms with Gasteiger partial charge >= 0.3 is 5.97 Å². The summed E-state index contributed by atoms with van der Waals surface area (Å²) < 4.78 is 4.62. The molecule has 1 aromatic rings. The molecule has 0 spiro atoms. The van der Waals surface area contributed by atoms with Crippen LogP contribution in [0.1, 0.15) is 36.0 Å². The van der Waals surface area contributed by atoms with Gasteiger partial charge in [0.2, 0.25) is 0 Å². The van der Waals surface area contributed by atoms with E-state index in [2.05, 4.69) is 15.0 Å². The standard InChI is InChI=1S/C11H16N2O2S/c1-15-10(14)6-8-7-16-11(13-8)9-4-2-3-5-12-9/h7,9,12H,2-6H2,1H3. The van der Waals surface area contributed by atoms with Gasteiger partial charge in [-0.3, -0.25) is 4.79 Å². The van der Waals surface area contributed by atoms with Crippen LogP contribution < -0.4 is 5.32 Å². The first kappa shape index (κ1) is 11.5. The van der Waals surface area contributed by atoms with E-state index in [0.717, 1.165) is 23.7 Å². The van der Waals surface area contributed by atoms with Crippen molar-refractivity contribution in [2.24, 2.45) is 0 Å². The molecule has 16 heavy (non-hydrogen) atoms. The number of nitrogens with one attached hydrogen (secondary N) is 1. The Hall–Kier alpha value is -0.940. The number of hydrogen-bond donors (Lipinski definition) is 1. The van der Waals surface area contributed by atoms with E-state index in [9.17, 15) is 4.79 Å². The van der Waals surface area contributed by atoms with Crippen molar-refractivity contribution in [1.29, 1.82) is 0 Å². The van der Waals surface area contributed by atoms with Crippen LogP contribution in [0, 0.1) is 0 Å². The monoisotopic (exact) mass is 240 g/mol. The zero-order valence-electron chi connectivity index (χ0n) is 9.36. The van der Waals surface area contributed by atoms with E-state index >= 15 is 0 Å². The van der Waals surface area contributed by atoms with E-state index in [-0.39, 0.29) is 12.4 Å². The number of ether oxygens (including phenoxy) is 1. The van der Waals surface area contributed by atoms with Crippen LogP contribution in [-0.4, -0.2) is 24.6 Å². The lowest BCUT2D eigenvalue weighted by Crippen LogP contribution is -2.26. The van der Waals surface area contributed by atoms with E-state index in [1.165, 1.54) is 20.0 Å². The van der Waals surface area contributed by atoms with Gasteiger partial charge in [-0.1, -0.05) is 6.42 Å². The van der Waals surface area contributed by atoms with E-state index in [0.29, 0.717) is 6.04 Å².